The van der Waals surface area contributed by atoms with E-state index in [2.05, 4.69) is 15.9 Å². The zero-order chi connectivity index (χ0) is 12.3. The molecule has 3 N–H and O–H groups in total. The number of aryl methyl sites for hydroxylation is 1. The zero-order valence-corrected chi connectivity index (χ0v) is 11.1. The van der Waals surface area contributed by atoms with Crippen molar-refractivity contribution in [2.75, 3.05) is 19.8 Å². The molecule has 5 heteroatoms. The van der Waals surface area contributed by atoms with Crippen LogP contribution in [-0.2, 0) is 6.42 Å². The van der Waals surface area contributed by atoms with Crippen LogP contribution in [0.5, 0.6) is 17.2 Å². The number of aromatic hydroxyl groups is 1. The Bertz CT molecular complexity index is 409. The van der Waals surface area contributed by atoms with E-state index in [9.17, 15) is 5.11 Å². The lowest BCUT2D eigenvalue weighted by atomic mass is 10.1. The standard InChI is InChI=1S/C12H16BrNO3/c13-10-11(15)8(3-1-2-4-14)7-9-12(10)17-6-5-16-9/h7,15H,1-6,14H2. The summed E-state index contributed by atoms with van der Waals surface area (Å²) < 4.78 is 11.6. The highest BCUT2D eigenvalue weighted by atomic mass is 79.9. The summed E-state index contributed by atoms with van der Waals surface area (Å²) in [5.74, 6) is 1.53. The maximum absolute atomic E-state index is 10.0. The molecule has 94 valence electrons. The van der Waals surface area contributed by atoms with E-state index in [-0.39, 0.29) is 5.75 Å². The summed E-state index contributed by atoms with van der Waals surface area (Å²) in [6.45, 7) is 1.73. The van der Waals surface area contributed by atoms with E-state index in [1.165, 1.54) is 0 Å². The molecule has 1 aliphatic heterocycles. The van der Waals surface area contributed by atoms with Crippen LogP contribution in [0.25, 0.3) is 0 Å². The summed E-state index contributed by atoms with van der Waals surface area (Å²) in [4.78, 5) is 0. The first-order chi connectivity index (χ1) is 8.24. The predicted molar refractivity (Wildman–Crippen MR) is 68.8 cm³/mol. The van der Waals surface area contributed by atoms with Crippen LogP contribution >= 0.6 is 15.9 Å². The Morgan fingerprint density at radius 1 is 1.29 bits per heavy atom. The monoisotopic (exact) mass is 301 g/mol. The van der Waals surface area contributed by atoms with Gasteiger partial charge in [-0.15, -0.1) is 0 Å². The molecule has 0 amide bonds. The number of fused-ring (bicyclic) bond motifs is 1. The molecule has 0 bridgehead atoms. The Kier molecular flexibility index (Phi) is 4.12. The highest BCUT2D eigenvalue weighted by Gasteiger charge is 2.20. The largest absolute Gasteiger partial charge is 0.506 e. The van der Waals surface area contributed by atoms with Gasteiger partial charge in [0, 0.05) is 0 Å². The minimum Gasteiger partial charge on any atom is -0.506 e. The quantitative estimate of drug-likeness (QED) is 0.837. The number of hydrogen-bond donors (Lipinski definition) is 2. The molecule has 1 heterocycles. The molecular formula is C12H16BrNO3. The fraction of sp³-hybridized carbons (Fsp3) is 0.500. The summed E-state index contributed by atoms with van der Waals surface area (Å²) in [7, 11) is 0. The first kappa shape index (κ1) is 12.5. The molecule has 0 saturated carbocycles. The van der Waals surface area contributed by atoms with Gasteiger partial charge in [-0.25, -0.2) is 0 Å². The van der Waals surface area contributed by atoms with Crippen molar-refractivity contribution in [2.45, 2.75) is 19.3 Å². The van der Waals surface area contributed by atoms with Gasteiger partial charge in [-0.1, -0.05) is 0 Å². The number of halogens is 1. The Morgan fingerprint density at radius 2 is 2.06 bits per heavy atom. The lowest BCUT2D eigenvalue weighted by Gasteiger charge is -2.21. The average Bonchev–Trinajstić information content (AvgIpc) is 2.35. The second kappa shape index (κ2) is 5.60. The summed E-state index contributed by atoms with van der Waals surface area (Å²) >= 11 is 3.35. The molecule has 2 rings (SSSR count). The Labute approximate surface area is 109 Å². The molecule has 0 spiro atoms. The lowest BCUT2D eigenvalue weighted by molar-refractivity contribution is 0.169. The van der Waals surface area contributed by atoms with E-state index in [0.29, 0.717) is 35.7 Å². The molecule has 0 saturated heterocycles. The van der Waals surface area contributed by atoms with Crippen LogP contribution in [0, 0.1) is 0 Å². The van der Waals surface area contributed by atoms with Crippen molar-refractivity contribution >= 4 is 15.9 Å². The number of rotatable bonds is 4. The SMILES string of the molecule is NCCCCc1cc2c(c(Br)c1O)OCCO2. The number of hydrogen-bond acceptors (Lipinski definition) is 4. The topological polar surface area (TPSA) is 64.7 Å². The molecule has 0 unspecified atom stereocenters. The van der Waals surface area contributed by atoms with Gasteiger partial charge in [-0.05, 0) is 53.4 Å². The van der Waals surface area contributed by atoms with Crippen LogP contribution < -0.4 is 15.2 Å². The normalized spacial score (nSPS) is 13.8. The van der Waals surface area contributed by atoms with Gasteiger partial charge in [0.25, 0.3) is 0 Å². The summed E-state index contributed by atoms with van der Waals surface area (Å²) in [5, 5.41) is 10.0. The van der Waals surface area contributed by atoms with Gasteiger partial charge in [0.05, 0.1) is 0 Å². The minimum absolute atomic E-state index is 0.242. The number of unbranched alkanes of at least 4 members (excludes halogenated alkanes) is 1. The second-order valence-electron chi connectivity index (χ2n) is 3.97. The van der Waals surface area contributed by atoms with Crippen LogP contribution in [0.4, 0.5) is 0 Å². The van der Waals surface area contributed by atoms with Crippen LogP contribution in [0.3, 0.4) is 0 Å². The van der Waals surface area contributed by atoms with Gasteiger partial charge >= 0.3 is 0 Å². The highest BCUT2D eigenvalue weighted by molar-refractivity contribution is 9.10. The fourth-order valence-electron chi connectivity index (χ4n) is 1.84. The van der Waals surface area contributed by atoms with E-state index in [0.717, 1.165) is 24.8 Å². The summed E-state index contributed by atoms with van der Waals surface area (Å²) in [6, 6.07) is 1.85. The lowest BCUT2D eigenvalue weighted by Crippen LogP contribution is -2.16. The number of benzene rings is 1. The third-order valence-corrected chi connectivity index (χ3v) is 3.46. The van der Waals surface area contributed by atoms with Crippen molar-refractivity contribution in [2.24, 2.45) is 5.73 Å². The van der Waals surface area contributed by atoms with Gasteiger partial charge in [0.2, 0.25) is 0 Å². The van der Waals surface area contributed by atoms with Gasteiger partial charge in [-0.2, -0.15) is 0 Å². The number of ether oxygens (including phenoxy) is 2. The smallest absolute Gasteiger partial charge is 0.179 e. The molecule has 17 heavy (non-hydrogen) atoms. The van der Waals surface area contributed by atoms with Crippen LogP contribution in [0.15, 0.2) is 10.5 Å². The van der Waals surface area contributed by atoms with Crippen molar-refractivity contribution in [1.29, 1.82) is 0 Å². The maximum Gasteiger partial charge on any atom is 0.179 e. The Balaban J connectivity index is 2.24. The minimum atomic E-state index is 0.242. The van der Waals surface area contributed by atoms with E-state index in [4.69, 9.17) is 15.2 Å². The van der Waals surface area contributed by atoms with Crippen LogP contribution in [0.1, 0.15) is 18.4 Å². The van der Waals surface area contributed by atoms with Gasteiger partial charge in [0.15, 0.2) is 11.5 Å². The molecule has 0 aliphatic carbocycles. The van der Waals surface area contributed by atoms with Crippen molar-refractivity contribution < 1.29 is 14.6 Å². The molecule has 0 atom stereocenters. The third kappa shape index (κ3) is 2.66. The van der Waals surface area contributed by atoms with Gasteiger partial charge in [-0.3, -0.25) is 0 Å². The fourth-order valence-corrected chi connectivity index (χ4v) is 2.40. The van der Waals surface area contributed by atoms with E-state index in [1.807, 2.05) is 6.07 Å². The Morgan fingerprint density at radius 3 is 2.82 bits per heavy atom. The van der Waals surface area contributed by atoms with Gasteiger partial charge < -0.3 is 20.3 Å². The number of phenols is 1. The molecule has 0 aromatic heterocycles. The Hall–Kier alpha value is -0.940. The zero-order valence-electron chi connectivity index (χ0n) is 9.54. The van der Waals surface area contributed by atoms with Crippen molar-refractivity contribution in [3.63, 3.8) is 0 Å². The molecular weight excluding hydrogens is 286 g/mol. The molecule has 1 aromatic carbocycles. The van der Waals surface area contributed by atoms with Crippen molar-refractivity contribution in [3.05, 3.63) is 16.1 Å². The molecule has 1 aromatic rings. The van der Waals surface area contributed by atoms with E-state index < -0.39 is 0 Å². The number of phenolic OH excluding ortho intramolecular Hbond substituents is 1. The summed E-state index contributed by atoms with van der Waals surface area (Å²) in [6.07, 6.45) is 2.69. The van der Waals surface area contributed by atoms with Crippen LogP contribution in [0.2, 0.25) is 0 Å². The van der Waals surface area contributed by atoms with E-state index in [1.54, 1.807) is 0 Å². The van der Waals surface area contributed by atoms with Gasteiger partial charge in [0.1, 0.15) is 23.4 Å². The first-order valence-corrected chi connectivity index (χ1v) is 6.53. The number of nitrogens with two attached hydrogens (primary N) is 1. The van der Waals surface area contributed by atoms with Crippen LogP contribution in [-0.4, -0.2) is 24.9 Å². The average molecular weight is 302 g/mol. The third-order valence-electron chi connectivity index (χ3n) is 2.73. The highest BCUT2D eigenvalue weighted by Crippen LogP contribution is 2.45. The molecule has 4 nitrogen and oxygen atoms in total. The predicted octanol–water partition coefficient (Wildman–Crippen LogP) is 2.21. The second-order valence-corrected chi connectivity index (χ2v) is 4.76. The maximum atomic E-state index is 10.0. The van der Waals surface area contributed by atoms with E-state index >= 15 is 0 Å². The first-order valence-electron chi connectivity index (χ1n) is 5.74. The van der Waals surface area contributed by atoms with Crippen molar-refractivity contribution in [1.82, 2.24) is 0 Å². The molecule has 0 radical (unpaired) electrons. The van der Waals surface area contributed by atoms with Crippen molar-refractivity contribution in [3.8, 4) is 17.2 Å². The molecule has 0 fully saturated rings. The summed E-state index contributed by atoms with van der Waals surface area (Å²) in [5.41, 5.74) is 6.32. The molecule has 1 aliphatic rings.